The van der Waals surface area contributed by atoms with Crippen LogP contribution in [0.3, 0.4) is 0 Å². The number of amides is 1. The number of nitrogens with one attached hydrogen (secondary N) is 3. The van der Waals surface area contributed by atoms with E-state index in [2.05, 4.69) is 26.0 Å². The maximum atomic E-state index is 12.1. The number of aliphatic imine (C=N–C) groups is 1. The van der Waals surface area contributed by atoms with E-state index in [0.717, 1.165) is 22.7 Å². The van der Waals surface area contributed by atoms with E-state index in [1.165, 1.54) is 0 Å². The number of nitrogens with zero attached hydrogens (tertiary/aromatic N) is 3. The third-order valence-electron chi connectivity index (χ3n) is 4.37. The Bertz CT molecular complexity index is 795. The van der Waals surface area contributed by atoms with E-state index in [1.807, 2.05) is 25.6 Å². The molecule has 0 unspecified atom stereocenters. The zero-order chi connectivity index (χ0) is 19.8. The summed E-state index contributed by atoms with van der Waals surface area (Å²) in [5.41, 5.74) is 3.89. The number of aromatic nitrogens is 2. The zero-order valence-electron chi connectivity index (χ0n) is 16.6. The number of carbonyl (C=O) groups excluding carboxylic acids is 1. The Labute approximate surface area is 160 Å². The molecule has 146 valence electrons. The summed E-state index contributed by atoms with van der Waals surface area (Å²) >= 11 is 0. The summed E-state index contributed by atoms with van der Waals surface area (Å²) in [5.74, 6) is 1.28. The first-order chi connectivity index (χ1) is 13.0. The van der Waals surface area contributed by atoms with Crippen LogP contribution in [0.15, 0.2) is 29.3 Å². The van der Waals surface area contributed by atoms with Crippen molar-refractivity contribution in [2.75, 3.05) is 27.2 Å². The van der Waals surface area contributed by atoms with Crippen molar-refractivity contribution in [1.29, 1.82) is 0 Å². The van der Waals surface area contributed by atoms with Crippen LogP contribution in [0.4, 0.5) is 0 Å². The maximum absolute atomic E-state index is 12.1. The lowest BCUT2D eigenvalue weighted by molar-refractivity contribution is 0.0954. The molecule has 8 heteroatoms. The van der Waals surface area contributed by atoms with Gasteiger partial charge in [-0.15, -0.1) is 0 Å². The van der Waals surface area contributed by atoms with Gasteiger partial charge in [0.25, 0.3) is 5.91 Å². The van der Waals surface area contributed by atoms with E-state index < -0.39 is 0 Å². The highest BCUT2D eigenvalue weighted by atomic mass is 16.5. The van der Waals surface area contributed by atoms with Crippen molar-refractivity contribution < 1.29 is 9.53 Å². The molecule has 3 N–H and O–H groups in total. The first kappa shape index (κ1) is 20.3. The van der Waals surface area contributed by atoms with Crippen LogP contribution in [0.25, 0.3) is 0 Å². The standard InChI is InChI=1S/C19H28N6O2/c1-13-17(14(2)25(4)24-13)12-23-19(20-3)22-11-10-21-18(26)15-6-8-16(27-5)9-7-15/h6-9H,10-12H2,1-5H3,(H,21,26)(H2,20,22,23). The van der Waals surface area contributed by atoms with Crippen molar-refractivity contribution in [2.24, 2.45) is 12.0 Å². The summed E-state index contributed by atoms with van der Waals surface area (Å²) in [7, 11) is 5.25. The van der Waals surface area contributed by atoms with Gasteiger partial charge in [0.15, 0.2) is 5.96 Å². The van der Waals surface area contributed by atoms with Gasteiger partial charge in [0.1, 0.15) is 5.75 Å². The van der Waals surface area contributed by atoms with Gasteiger partial charge in [0.05, 0.1) is 12.8 Å². The minimum atomic E-state index is -0.121. The molecule has 1 amide bonds. The fraction of sp³-hybridized carbons (Fsp3) is 0.421. The van der Waals surface area contributed by atoms with E-state index in [-0.39, 0.29) is 5.91 Å². The lowest BCUT2D eigenvalue weighted by Gasteiger charge is -2.13. The summed E-state index contributed by atoms with van der Waals surface area (Å²) in [6.07, 6.45) is 0. The number of ether oxygens (including phenoxy) is 1. The molecule has 2 rings (SSSR count). The Kier molecular flexibility index (Phi) is 7.22. The topological polar surface area (TPSA) is 92.6 Å². The highest BCUT2D eigenvalue weighted by Gasteiger charge is 2.10. The molecule has 0 aliphatic heterocycles. The predicted octanol–water partition coefficient (Wildman–Crippen LogP) is 1.14. The van der Waals surface area contributed by atoms with Gasteiger partial charge in [-0.05, 0) is 38.1 Å². The Hall–Kier alpha value is -3.03. The number of guanidine groups is 1. The first-order valence-electron chi connectivity index (χ1n) is 8.82. The monoisotopic (exact) mass is 372 g/mol. The predicted molar refractivity (Wildman–Crippen MR) is 106 cm³/mol. The van der Waals surface area contributed by atoms with Crippen molar-refractivity contribution in [3.8, 4) is 5.75 Å². The van der Waals surface area contributed by atoms with Crippen LogP contribution < -0.4 is 20.7 Å². The molecular weight excluding hydrogens is 344 g/mol. The van der Waals surface area contributed by atoms with Crippen molar-refractivity contribution in [2.45, 2.75) is 20.4 Å². The van der Waals surface area contributed by atoms with Crippen molar-refractivity contribution in [1.82, 2.24) is 25.7 Å². The molecule has 1 aromatic carbocycles. The number of carbonyl (C=O) groups is 1. The van der Waals surface area contributed by atoms with Gasteiger partial charge < -0.3 is 20.7 Å². The first-order valence-corrected chi connectivity index (χ1v) is 8.82. The van der Waals surface area contributed by atoms with E-state index in [9.17, 15) is 4.79 Å². The SMILES string of the molecule is CN=C(NCCNC(=O)c1ccc(OC)cc1)NCc1c(C)nn(C)c1C. The third kappa shape index (κ3) is 5.47. The minimum absolute atomic E-state index is 0.121. The molecule has 0 radical (unpaired) electrons. The zero-order valence-corrected chi connectivity index (χ0v) is 16.6. The highest BCUT2D eigenvalue weighted by Crippen LogP contribution is 2.11. The van der Waals surface area contributed by atoms with Gasteiger partial charge in [0, 0.05) is 50.6 Å². The summed E-state index contributed by atoms with van der Waals surface area (Å²) < 4.78 is 6.96. The molecule has 0 aliphatic carbocycles. The Balaban J connectivity index is 1.75. The van der Waals surface area contributed by atoms with E-state index in [4.69, 9.17) is 4.74 Å². The summed E-state index contributed by atoms with van der Waals surface area (Å²) in [6.45, 7) is 5.73. The van der Waals surface area contributed by atoms with Crippen molar-refractivity contribution in [3.05, 3.63) is 46.8 Å². The van der Waals surface area contributed by atoms with Crippen molar-refractivity contribution >= 4 is 11.9 Å². The van der Waals surface area contributed by atoms with Crippen LogP contribution in [0.5, 0.6) is 5.75 Å². The van der Waals surface area contributed by atoms with E-state index in [1.54, 1.807) is 38.4 Å². The van der Waals surface area contributed by atoms with Crippen molar-refractivity contribution in [3.63, 3.8) is 0 Å². The molecule has 2 aromatic rings. The highest BCUT2D eigenvalue weighted by molar-refractivity contribution is 5.94. The molecule has 0 aliphatic rings. The molecule has 0 saturated heterocycles. The average molecular weight is 372 g/mol. The summed E-state index contributed by atoms with van der Waals surface area (Å²) in [5, 5.41) is 13.7. The fourth-order valence-corrected chi connectivity index (χ4v) is 2.67. The van der Waals surface area contributed by atoms with Crippen LogP contribution in [-0.4, -0.2) is 48.9 Å². The van der Waals surface area contributed by atoms with Crippen LogP contribution in [0.1, 0.15) is 27.3 Å². The Morgan fingerprint density at radius 2 is 1.81 bits per heavy atom. The van der Waals surface area contributed by atoms with Crippen LogP contribution in [0.2, 0.25) is 0 Å². The van der Waals surface area contributed by atoms with Gasteiger partial charge in [-0.2, -0.15) is 5.10 Å². The van der Waals surface area contributed by atoms with Crippen LogP contribution in [0, 0.1) is 13.8 Å². The number of hydrogen-bond donors (Lipinski definition) is 3. The number of hydrogen-bond acceptors (Lipinski definition) is 4. The number of rotatable bonds is 7. The van der Waals surface area contributed by atoms with Crippen LogP contribution >= 0.6 is 0 Å². The molecule has 0 saturated carbocycles. The third-order valence-corrected chi connectivity index (χ3v) is 4.37. The number of benzene rings is 1. The molecule has 1 heterocycles. The molecular formula is C19H28N6O2. The number of aryl methyl sites for hydroxylation is 2. The smallest absolute Gasteiger partial charge is 0.251 e. The molecule has 0 atom stereocenters. The lowest BCUT2D eigenvalue weighted by atomic mass is 10.2. The second-order valence-corrected chi connectivity index (χ2v) is 6.11. The molecule has 0 bridgehead atoms. The largest absolute Gasteiger partial charge is 0.497 e. The molecule has 0 spiro atoms. The van der Waals surface area contributed by atoms with Crippen LogP contribution in [-0.2, 0) is 13.6 Å². The quantitative estimate of drug-likeness (QED) is 0.385. The Morgan fingerprint density at radius 3 is 2.37 bits per heavy atom. The summed E-state index contributed by atoms with van der Waals surface area (Å²) in [6, 6.07) is 7.00. The number of methoxy groups -OCH3 is 1. The van der Waals surface area contributed by atoms with Gasteiger partial charge in [-0.1, -0.05) is 0 Å². The lowest BCUT2D eigenvalue weighted by Crippen LogP contribution is -2.41. The molecule has 27 heavy (non-hydrogen) atoms. The van der Waals surface area contributed by atoms with E-state index in [0.29, 0.717) is 31.2 Å². The van der Waals surface area contributed by atoms with Gasteiger partial charge in [-0.25, -0.2) is 0 Å². The maximum Gasteiger partial charge on any atom is 0.251 e. The molecule has 0 fully saturated rings. The summed E-state index contributed by atoms with van der Waals surface area (Å²) in [4.78, 5) is 16.3. The second kappa shape index (κ2) is 9.61. The average Bonchev–Trinajstić information content (AvgIpc) is 2.92. The van der Waals surface area contributed by atoms with Gasteiger partial charge >= 0.3 is 0 Å². The van der Waals surface area contributed by atoms with E-state index >= 15 is 0 Å². The second-order valence-electron chi connectivity index (χ2n) is 6.11. The van der Waals surface area contributed by atoms with Gasteiger partial charge in [0.2, 0.25) is 0 Å². The fourth-order valence-electron chi connectivity index (χ4n) is 2.67. The van der Waals surface area contributed by atoms with Gasteiger partial charge in [-0.3, -0.25) is 14.5 Å². The normalized spacial score (nSPS) is 11.2. The minimum Gasteiger partial charge on any atom is -0.497 e. The Morgan fingerprint density at radius 1 is 1.15 bits per heavy atom. The molecule has 8 nitrogen and oxygen atoms in total. The molecule has 1 aromatic heterocycles.